The van der Waals surface area contributed by atoms with Crippen LogP contribution < -0.4 is 0 Å². The minimum absolute atomic E-state index is 0.0932. The van der Waals surface area contributed by atoms with Crippen molar-refractivity contribution in [2.45, 2.75) is 102 Å². The zero-order valence-corrected chi connectivity index (χ0v) is 20.1. The third kappa shape index (κ3) is 7.63. The van der Waals surface area contributed by atoms with Gasteiger partial charge >= 0.3 is 0 Å². The number of aryl methyl sites for hydroxylation is 1. The molecule has 1 atom stereocenters. The number of hydrogen-bond donors (Lipinski definition) is 1. The third-order valence-corrected chi connectivity index (χ3v) is 8.06. The van der Waals surface area contributed by atoms with Crippen molar-refractivity contribution in [3.05, 3.63) is 59.7 Å². The van der Waals surface area contributed by atoms with E-state index >= 15 is 0 Å². The van der Waals surface area contributed by atoms with Crippen molar-refractivity contribution in [2.24, 2.45) is 17.8 Å². The maximum Gasteiger partial charge on any atom is 0.0912 e. The molecule has 2 aliphatic rings. The number of unbranched alkanes of at least 4 members (excludes halogenated alkanes) is 1. The van der Waals surface area contributed by atoms with Crippen molar-refractivity contribution in [3.8, 4) is 6.07 Å². The van der Waals surface area contributed by atoms with Crippen LogP contribution in [0.1, 0.15) is 101 Å². The molecule has 2 aliphatic carbocycles. The quantitative estimate of drug-likeness (QED) is 0.301. The zero-order chi connectivity index (χ0) is 22.6. The van der Waals surface area contributed by atoms with Crippen LogP contribution in [0.4, 0.5) is 0 Å². The van der Waals surface area contributed by atoms with Crippen LogP contribution in [-0.2, 0) is 6.42 Å². The van der Waals surface area contributed by atoms with E-state index in [-0.39, 0.29) is 6.10 Å². The second-order valence-electron chi connectivity index (χ2n) is 10.2. The Hall–Kier alpha value is -1.85. The van der Waals surface area contributed by atoms with Gasteiger partial charge in [-0.2, -0.15) is 5.26 Å². The first kappa shape index (κ1) is 24.8. The molecular weight excluding hydrogens is 390 g/mol. The molecule has 1 aromatic carbocycles. The minimum atomic E-state index is -0.0932. The highest BCUT2D eigenvalue weighted by atomic mass is 16.3. The molecule has 2 fully saturated rings. The second-order valence-corrected chi connectivity index (χ2v) is 10.2. The number of hydrogen-bond acceptors (Lipinski definition) is 2. The van der Waals surface area contributed by atoms with Crippen molar-refractivity contribution in [3.63, 3.8) is 0 Å². The Labute approximate surface area is 196 Å². The molecular formula is C30H43NO. The number of aliphatic hydroxyl groups is 1. The Kier molecular flexibility index (Phi) is 10.6. The molecule has 0 amide bonds. The lowest BCUT2D eigenvalue weighted by Crippen LogP contribution is -2.34. The van der Waals surface area contributed by atoms with E-state index in [0.29, 0.717) is 17.8 Å². The van der Waals surface area contributed by atoms with Crippen molar-refractivity contribution < 1.29 is 5.11 Å². The van der Waals surface area contributed by atoms with E-state index in [1.165, 1.54) is 94.3 Å². The predicted octanol–water partition coefficient (Wildman–Crippen LogP) is 7.89. The normalized spacial score (nSPS) is 27.5. The molecule has 174 valence electrons. The summed E-state index contributed by atoms with van der Waals surface area (Å²) in [5.74, 6) is 2.51. The molecule has 0 radical (unpaired) electrons. The van der Waals surface area contributed by atoms with Crippen LogP contribution in [-0.4, -0.2) is 11.2 Å². The summed E-state index contributed by atoms with van der Waals surface area (Å²) < 4.78 is 0. The van der Waals surface area contributed by atoms with Crippen molar-refractivity contribution in [2.75, 3.05) is 0 Å². The van der Waals surface area contributed by atoms with Gasteiger partial charge in [0.2, 0.25) is 0 Å². The molecule has 3 rings (SSSR count). The Morgan fingerprint density at radius 3 is 2.25 bits per heavy atom. The first-order chi connectivity index (χ1) is 15.7. The molecule has 0 aromatic heterocycles. The van der Waals surface area contributed by atoms with E-state index in [1.807, 2.05) is 18.2 Å². The SMILES string of the molecule is CCCCc1ccc(C2CCC(C(O)C3CCC(CCC=CC=CC#N)CC3)CC2)cc1. The number of aliphatic hydroxyl groups excluding tert-OH is 1. The topological polar surface area (TPSA) is 44.0 Å². The first-order valence-electron chi connectivity index (χ1n) is 13.2. The van der Waals surface area contributed by atoms with Crippen LogP contribution in [0.3, 0.4) is 0 Å². The highest BCUT2D eigenvalue weighted by Gasteiger charge is 2.33. The molecule has 0 heterocycles. The second kappa shape index (κ2) is 13.6. The summed E-state index contributed by atoms with van der Waals surface area (Å²) in [7, 11) is 0. The zero-order valence-electron chi connectivity index (χ0n) is 20.1. The summed E-state index contributed by atoms with van der Waals surface area (Å²) in [6.07, 6.45) is 23.2. The van der Waals surface area contributed by atoms with Gasteiger partial charge in [-0.05, 0) is 99.0 Å². The minimum Gasteiger partial charge on any atom is -0.393 e. The lowest BCUT2D eigenvalue weighted by Gasteiger charge is -2.38. The van der Waals surface area contributed by atoms with Gasteiger partial charge in [-0.1, -0.05) is 68.7 Å². The monoisotopic (exact) mass is 433 g/mol. The lowest BCUT2D eigenvalue weighted by molar-refractivity contribution is 0.00971. The summed E-state index contributed by atoms with van der Waals surface area (Å²) in [4.78, 5) is 0. The molecule has 1 N–H and O–H groups in total. The van der Waals surface area contributed by atoms with E-state index < -0.39 is 0 Å². The van der Waals surface area contributed by atoms with Gasteiger partial charge in [0, 0.05) is 6.08 Å². The Morgan fingerprint density at radius 2 is 1.62 bits per heavy atom. The predicted molar refractivity (Wildman–Crippen MR) is 134 cm³/mol. The van der Waals surface area contributed by atoms with Crippen molar-refractivity contribution in [1.82, 2.24) is 0 Å². The van der Waals surface area contributed by atoms with Gasteiger partial charge in [0.1, 0.15) is 0 Å². The fourth-order valence-corrected chi connectivity index (χ4v) is 5.94. The third-order valence-electron chi connectivity index (χ3n) is 8.06. The number of nitriles is 1. The maximum atomic E-state index is 11.1. The number of rotatable bonds is 10. The summed E-state index contributed by atoms with van der Waals surface area (Å²) in [6.45, 7) is 2.25. The van der Waals surface area contributed by atoms with Gasteiger partial charge in [0.25, 0.3) is 0 Å². The van der Waals surface area contributed by atoms with Gasteiger partial charge in [-0.25, -0.2) is 0 Å². The molecule has 2 saturated carbocycles. The molecule has 2 nitrogen and oxygen atoms in total. The largest absolute Gasteiger partial charge is 0.393 e. The van der Waals surface area contributed by atoms with Crippen LogP contribution in [0.15, 0.2) is 48.6 Å². The van der Waals surface area contributed by atoms with Crippen LogP contribution >= 0.6 is 0 Å². The molecule has 2 heteroatoms. The average Bonchev–Trinajstić information content (AvgIpc) is 2.85. The number of nitrogens with zero attached hydrogens (tertiary/aromatic N) is 1. The first-order valence-corrected chi connectivity index (χ1v) is 13.2. The van der Waals surface area contributed by atoms with Crippen LogP contribution in [0.2, 0.25) is 0 Å². The lowest BCUT2D eigenvalue weighted by atomic mass is 9.70. The molecule has 0 bridgehead atoms. The van der Waals surface area contributed by atoms with E-state index in [4.69, 9.17) is 5.26 Å². The summed E-state index contributed by atoms with van der Waals surface area (Å²) >= 11 is 0. The van der Waals surface area contributed by atoms with Crippen molar-refractivity contribution >= 4 is 0 Å². The highest BCUT2D eigenvalue weighted by Crippen LogP contribution is 2.42. The Morgan fingerprint density at radius 1 is 0.969 bits per heavy atom. The summed E-state index contributed by atoms with van der Waals surface area (Å²) in [5.41, 5.74) is 2.98. The van der Waals surface area contributed by atoms with Gasteiger partial charge < -0.3 is 5.11 Å². The molecule has 0 spiro atoms. The molecule has 1 unspecified atom stereocenters. The van der Waals surface area contributed by atoms with Gasteiger partial charge in [0.05, 0.1) is 12.2 Å². The van der Waals surface area contributed by atoms with E-state index in [0.717, 1.165) is 12.3 Å². The average molecular weight is 434 g/mol. The van der Waals surface area contributed by atoms with Crippen molar-refractivity contribution in [1.29, 1.82) is 5.26 Å². The van der Waals surface area contributed by atoms with Gasteiger partial charge in [-0.3, -0.25) is 0 Å². The van der Waals surface area contributed by atoms with Crippen LogP contribution in [0, 0.1) is 29.1 Å². The fraction of sp³-hybridized carbons (Fsp3) is 0.633. The molecule has 32 heavy (non-hydrogen) atoms. The fourth-order valence-electron chi connectivity index (χ4n) is 5.94. The number of allylic oxidation sites excluding steroid dienone is 4. The van der Waals surface area contributed by atoms with Crippen LogP contribution in [0.5, 0.6) is 0 Å². The van der Waals surface area contributed by atoms with Crippen LogP contribution in [0.25, 0.3) is 0 Å². The maximum absolute atomic E-state index is 11.1. The van der Waals surface area contributed by atoms with E-state index in [9.17, 15) is 5.11 Å². The standard InChI is InChI=1S/C30H43NO/c1-2-3-9-24-11-15-26(16-12-24)27-19-21-29(22-20-27)30(32)28-17-13-25(14-18-28)10-7-5-4-6-8-23-31/h4-6,8,11-12,15-16,25,27-30,32H,2-3,7,9-10,13-14,17-22H2,1H3. The van der Waals surface area contributed by atoms with E-state index in [2.05, 4.69) is 37.3 Å². The summed E-state index contributed by atoms with van der Waals surface area (Å²) in [5, 5.41) is 19.6. The molecule has 0 saturated heterocycles. The van der Waals surface area contributed by atoms with Gasteiger partial charge in [0.15, 0.2) is 0 Å². The smallest absolute Gasteiger partial charge is 0.0912 e. The molecule has 0 aliphatic heterocycles. The van der Waals surface area contributed by atoms with E-state index in [1.54, 1.807) is 0 Å². The molecule has 1 aromatic rings. The van der Waals surface area contributed by atoms with Gasteiger partial charge in [-0.15, -0.1) is 0 Å². The Bertz CT molecular complexity index is 740. The summed E-state index contributed by atoms with van der Waals surface area (Å²) in [6, 6.07) is 11.4. The Balaban J connectivity index is 1.36. The number of benzene rings is 1. The highest BCUT2D eigenvalue weighted by molar-refractivity contribution is 5.26.